The molecule has 0 spiro atoms. The van der Waals surface area contributed by atoms with E-state index in [9.17, 15) is 0 Å². The second kappa shape index (κ2) is 5.10. The van der Waals surface area contributed by atoms with Gasteiger partial charge in [-0.05, 0) is 32.3 Å². The van der Waals surface area contributed by atoms with Gasteiger partial charge in [0.05, 0.1) is 6.26 Å². The smallest absolute Gasteiger partial charge is 0.194 e. The Hall–Kier alpha value is -2.41. The number of fused-ring (bicyclic) bond motifs is 1. The summed E-state index contributed by atoms with van der Waals surface area (Å²) in [5.41, 5.74) is 8.84. The van der Waals surface area contributed by atoms with Crippen LogP contribution in [0.1, 0.15) is 31.2 Å². The third kappa shape index (κ3) is 2.14. The number of nitrogens with zero attached hydrogens (tertiary/aromatic N) is 4. The molecule has 1 atom stereocenters. The molecule has 0 bridgehead atoms. The third-order valence-corrected chi connectivity index (χ3v) is 3.91. The summed E-state index contributed by atoms with van der Waals surface area (Å²) < 4.78 is 13.0. The van der Waals surface area contributed by atoms with Gasteiger partial charge in [0.25, 0.3) is 0 Å². The summed E-state index contributed by atoms with van der Waals surface area (Å²) in [5.74, 6) is 0.829. The van der Waals surface area contributed by atoms with Crippen molar-refractivity contribution in [3.63, 3.8) is 0 Å². The van der Waals surface area contributed by atoms with Gasteiger partial charge >= 0.3 is 0 Å². The predicted molar refractivity (Wildman–Crippen MR) is 81.0 cm³/mol. The number of hydrogen-bond donors (Lipinski definition) is 1. The Labute approximate surface area is 127 Å². The Morgan fingerprint density at radius 2 is 2.23 bits per heavy atom. The first-order valence-electron chi connectivity index (χ1n) is 7.41. The molecular formula is C15H17N5O2. The summed E-state index contributed by atoms with van der Waals surface area (Å²) in [5, 5.41) is 4.62. The molecule has 3 aromatic rings. The maximum Gasteiger partial charge on any atom is 0.194 e. The lowest BCUT2D eigenvalue weighted by Crippen LogP contribution is -2.20. The van der Waals surface area contributed by atoms with E-state index in [-0.39, 0.29) is 6.23 Å². The van der Waals surface area contributed by atoms with Crippen LogP contribution in [0.4, 0.5) is 5.82 Å². The molecule has 1 saturated heterocycles. The van der Waals surface area contributed by atoms with Crippen LogP contribution in [0.5, 0.6) is 0 Å². The maximum absolute atomic E-state index is 5.92. The molecule has 0 radical (unpaired) electrons. The van der Waals surface area contributed by atoms with Crippen LogP contribution in [0, 0.1) is 6.92 Å². The van der Waals surface area contributed by atoms with Gasteiger partial charge in [0.2, 0.25) is 0 Å². The summed E-state index contributed by atoms with van der Waals surface area (Å²) in [7, 11) is 0. The van der Waals surface area contributed by atoms with Gasteiger partial charge in [-0.25, -0.2) is 14.6 Å². The molecule has 2 N–H and O–H groups in total. The van der Waals surface area contributed by atoms with Gasteiger partial charge in [-0.15, -0.1) is 0 Å². The normalized spacial score (nSPS) is 18.9. The molecule has 1 aliphatic rings. The van der Waals surface area contributed by atoms with Crippen LogP contribution in [0.2, 0.25) is 0 Å². The number of aryl methyl sites for hydroxylation is 1. The lowest BCUT2D eigenvalue weighted by atomic mass is 10.2. The van der Waals surface area contributed by atoms with E-state index in [2.05, 4.69) is 15.1 Å². The number of furan rings is 1. The van der Waals surface area contributed by atoms with E-state index >= 15 is 0 Å². The molecule has 4 rings (SSSR count). The van der Waals surface area contributed by atoms with Gasteiger partial charge < -0.3 is 14.9 Å². The molecule has 114 valence electrons. The first-order valence-corrected chi connectivity index (χ1v) is 7.41. The van der Waals surface area contributed by atoms with E-state index in [0.717, 1.165) is 31.6 Å². The van der Waals surface area contributed by atoms with Gasteiger partial charge in [0.15, 0.2) is 17.2 Å². The number of nitrogen functional groups attached to an aromatic ring is 1. The summed E-state index contributed by atoms with van der Waals surface area (Å²) in [6, 6.07) is 3.73. The lowest BCUT2D eigenvalue weighted by molar-refractivity contribution is -0.0405. The average molecular weight is 299 g/mol. The molecule has 0 aliphatic carbocycles. The van der Waals surface area contributed by atoms with Crippen molar-refractivity contribution in [2.45, 2.75) is 32.4 Å². The number of anilines is 1. The number of aromatic nitrogens is 4. The van der Waals surface area contributed by atoms with Crippen molar-refractivity contribution in [3.8, 4) is 11.5 Å². The van der Waals surface area contributed by atoms with Crippen LogP contribution in [-0.4, -0.2) is 26.4 Å². The maximum atomic E-state index is 5.92. The highest BCUT2D eigenvalue weighted by Gasteiger charge is 2.20. The van der Waals surface area contributed by atoms with Crippen molar-refractivity contribution in [1.82, 2.24) is 19.7 Å². The van der Waals surface area contributed by atoms with Crippen molar-refractivity contribution < 1.29 is 9.15 Å². The van der Waals surface area contributed by atoms with E-state index in [0.29, 0.717) is 28.4 Å². The topological polar surface area (TPSA) is 92.0 Å². The highest BCUT2D eigenvalue weighted by Crippen LogP contribution is 2.27. The molecule has 4 heterocycles. The van der Waals surface area contributed by atoms with Gasteiger partial charge in [-0.2, -0.15) is 5.10 Å². The van der Waals surface area contributed by atoms with Crippen LogP contribution < -0.4 is 5.73 Å². The summed E-state index contributed by atoms with van der Waals surface area (Å²) in [6.45, 7) is 2.79. The Bertz CT molecular complexity index is 817. The van der Waals surface area contributed by atoms with E-state index < -0.39 is 0 Å². The highest BCUT2D eigenvalue weighted by atomic mass is 16.5. The quantitative estimate of drug-likeness (QED) is 0.782. The van der Waals surface area contributed by atoms with Crippen LogP contribution in [-0.2, 0) is 4.74 Å². The summed E-state index contributed by atoms with van der Waals surface area (Å²) in [6.07, 6.45) is 4.80. The fraction of sp³-hybridized carbons (Fsp3) is 0.400. The molecular weight excluding hydrogens is 282 g/mol. The van der Waals surface area contributed by atoms with Crippen LogP contribution in [0.15, 0.2) is 22.8 Å². The first kappa shape index (κ1) is 13.3. The van der Waals surface area contributed by atoms with Crippen molar-refractivity contribution in [2.24, 2.45) is 0 Å². The number of hydrogen-bond acceptors (Lipinski definition) is 6. The largest absolute Gasteiger partial charge is 0.459 e. The van der Waals surface area contributed by atoms with E-state index in [1.807, 2.05) is 17.7 Å². The minimum atomic E-state index is -0.00231. The molecule has 0 amide bonds. The van der Waals surface area contributed by atoms with Gasteiger partial charge in [0.1, 0.15) is 17.4 Å². The Morgan fingerprint density at radius 3 is 3.05 bits per heavy atom. The van der Waals surface area contributed by atoms with Crippen LogP contribution in [0.25, 0.3) is 22.6 Å². The third-order valence-electron chi connectivity index (χ3n) is 3.91. The first-order chi connectivity index (χ1) is 10.7. The molecule has 0 saturated carbocycles. The molecule has 22 heavy (non-hydrogen) atoms. The molecule has 1 unspecified atom stereocenters. The molecule has 3 aromatic heterocycles. The van der Waals surface area contributed by atoms with Crippen molar-refractivity contribution in [3.05, 3.63) is 24.1 Å². The second-order valence-corrected chi connectivity index (χ2v) is 5.50. The van der Waals surface area contributed by atoms with Gasteiger partial charge in [0, 0.05) is 18.4 Å². The molecule has 7 nitrogen and oxygen atoms in total. The van der Waals surface area contributed by atoms with Crippen molar-refractivity contribution in [2.75, 3.05) is 12.3 Å². The van der Waals surface area contributed by atoms with Gasteiger partial charge in [-0.1, -0.05) is 0 Å². The fourth-order valence-corrected chi connectivity index (χ4v) is 2.81. The summed E-state index contributed by atoms with van der Waals surface area (Å²) in [4.78, 5) is 8.76. The SMILES string of the molecule is Cc1cc(-c2nc(N)c3occc3n2)nn1C1CCCCO1. The van der Waals surface area contributed by atoms with E-state index in [1.54, 1.807) is 12.3 Å². The minimum absolute atomic E-state index is 0.00231. The predicted octanol–water partition coefficient (Wildman–Crippen LogP) is 2.68. The number of rotatable bonds is 2. The van der Waals surface area contributed by atoms with Gasteiger partial charge in [-0.3, -0.25) is 0 Å². The molecule has 1 fully saturated rings. The Kier molecular flexibility index (Phi) is 3.07. The zero-order valence-corrected chi connectivity index (χ0v) is 12.3. The Morgan fingerprint density at radius 1 is 1.32 bits per heavy atom. The second-order valence-electron chi connectivity index (χ2n) is 5.50. The standard InChI is InChI=1S/C15H17N5O2/c1-9-8-11(19-20(9)12-4-2-3-6-21-12)15-17-10-5-7-22-13(10)14(16)18-15/h5,7-8,12H,2-4,6H2,1H3,(H2,16,17,18). The van der Waals surface area contributed by atoms with E-state index in [4.69, 9.17) is 14.9 Å². The molecule has 0 aromatic carbocycles. The van der Waals surface area contributed by atoms with Crippen molar-refractivity contribution in [1.29, 1.82) is 0 Å². The van der Waals surface area contributed by atoms with Crippen LogP contribution >= 0.6 is 0 Å². The number of ether oxygens (including phenoxy) is 1. The van der Waals surface area contributed by atoms with E-state index in [1.165, 1.54) is 0 Å². The highest BCUT2D eigenvalue weighted by molar-refractivity contribution is 5.83. The minimum Gasteiger partial charge on any atom is -0.459 e. The monoisotopic (exact) mass is 299 g/mol. The molecule has 7 heteroatoms. The fourth-order valence-electron chi connectivity index (χ4n) is 2.81. The molecule has 1 aliphatic heterocycles. The van der Waals surface area contributed by atoms with Crippen molar-refractivity contribution >= 4 is 16.9 Å². The lowest BCUT2D eigenvalue weighted by Gasteiger charge is -2.23. The Balaban J connectivity index is 1.75. The zero-order valence-electron chi connectivity index (χ0n) is 12.3. The van der Waals surface area contributed by atoms with Crippen LogP contribution in [0.3, 0.4) is 0 Å². The summed E-state index contributed by atoms with van der Waals surface area (Å²) >= 11 is 0. The average Bonchev–Trinajstić information content (AvgIpc) is 3.15. The number of nitrogens with two attached hydrogens (primary N) is 1. The zero-order chi connectivity index (χ0) is 15.1.